The van der Waals surface area contributed by atoms with Gasteiger partial charge in [0.05, 0.1) is 29.0 Å². The van der Waals surface area contributed by atoms with Gasteiger partial charge in [0.25, 0.3) is 0 Å². The van der Waals surface area contributed by atoms with E-state index in [0.717, 1.165) is 29.0 Å². The van der Waals surface area contributed by atoms with Crippen LogP contribution in [0.2, 0.25) is 0 Å². The number of para-hydroxylation sites is 2. The number of hydrogen-bond donors (Lipinski definition) is 1. The SMILES string of the molecule is CCCOC(=O)c1ccc(NC(=O)Cn2c(CSC)nc3ccccc32)cc1. The smallest absolute Gasteiger partial charge is 0.338 e. The molecule has 0 saturated carbocycles. The van der Waals surface area contributed by atoms with E-state index < -0.39 is 0 Å². The minimum absolute atomic E-state index is 0.146. The maximum Gasteiger partial charge on any atom is 0.338 e. The van der Waals surface area contributed by atoms with Crippen LogP contribution < -0.4 is 5.32 Å². The predicted molar refractivity (Wildman–Crippen MR) is 113 cm³/mol. The van der Waals surface area contributed by atoms with Crippen molar-refractivity contribution < 1.29 is 14.3 Å². The van der Waals surface area contributed by atoms with Gasteiger partial charge in [-0.25, -0.2) is 9.78 Å². The molecule has 0 aliphatic carbocycles. The molecular weight excluding hydrogens is 374 g/mol. The van der Waals surface area contributed by atoms with Crippen LogP contribution in [-0.2, 0) is 21.8 Å². The van der Waals surface area contributed by atoms with Gasteiger partial charge < -0.3 is 14.6 Å². The summed E-state index contributed by atoms with van der Waals surface area (Å²) >= 11 is 1.67. The van der Waals surface area contributed by atoms with Crippen LogP contribution in [-0.4, -0.2) is 34.3 Å². The van der Waals surface area contributed by atoms with E-state index in [4.69, 9.17) is 4.74 Å². The van der Waals surface area contributed by atoms with Gasteiger partial charge in [-0.15, -0.1) is 0 Å². The molecule has 0 unspecified atom stereocenters. The fourth-order valence-corrected chi connectivity index (χ4v) is 3.33. The van der Waals surface area contributed by atoms with E-state index in [-0.39, 0.29) is 18.4 Å². The Morgan fingerprint density at radius 2 is 1.89 bits per heavy atom. The van der Waals surface area contributed by atoms with E-state index in [0.29, 0.717) is 17.9 Å². The maximum absolute atomic E-state index is 12.6. The Balaban J connectivity index is 1.70. The van der Waals surface area contributed by atoms with Crippen molar-refractivity contribution in [1.29, 1.82) is 0 Å². The molecule has 0 aliphatic heterocycles. The first-order valence-electron chi connectivity index (χ1n) is 9.12. The molecule has 1 amide bonds. The lowest BCUT2D eigenvalue weighted by Gasteiger charge is -2.10. The topological polar surface area (TPSA) is 73.2 Å². The van der Waals surface area contributed by atoms with Gasteiger partial charge in [-0.05, 0) is 49.1 Å². The number of rotatable bonds is 8. The molecule has 2 aromatic carbocycles. The minimum atomic E-state index is -0.355. The number of anilines is 1. The van der Waals surface area contributed by atoms with Gasteiger partial charge in [-0.2, -0.15) is 11.8 Å². The van der Waals surface area contributed by atoms with E-state index in [9.17, 15) is 9.59 Å². The second kappa shape index (κ2) is 9.41. The zero-order chi connectivity index (χ0) is 19.9. The van der Waals surface area contributed by atoms with Crippen LogP contribution in [0.1, 0.15) is 29.5 Å². The lowest BCUT2D eigenvalue weighted by Crippen LogP contribution is -2.20. The summed E-state index contributed by atoms with van der Waals surface area (Å²) in [6.45, 7) is 2.52. The summed E-state index contributed by atoms with van der Waals surface area (Å²) < 4.78 is 7.05. The van der Waals surface area contributed by atoms with E-state index in [2.05, 4.69) is 10.3 Å². The molecule has 3 rings (SSSR count). The third kappa shape index (κ3) is 4.72. The molecule has 0 spiro atoms. The summed E-state index contributed by atoms with van der Waals surface area (Å²) in [4.78, 5) is 29.1. The van der Waals surface area contributed by atoms with Crippen LogP contribution in [0, 0.1) is 0 Å². The van der Waals surface area contributed by atoms with Crippen LogP contribution >= 0.6 is 11.8 Å². The number of aromatic nitrogens is 2. The van der Waals surface area contributed by atoms with Crippen molar-refractivity contribution in [2.45, 2.75) is 25.6 Å². The van der Waals surface area contributed by atoms with Gasteiger partial charge >= 0.3 is 5.97 Å². The molecule has 0 radical (unpaired) electrons. The molecule has 7 heteroatoms. The zero-order valence-corrected chi connectivity index (χ0v) is 16.8. The summed E-state index contributed by atoms with van der Waals surface area (Å²) in [7, 11) is 0. The zero-order valence-electron chi connectivity index (χ0n) is 16.0. The number of fused-ring (bicyclic) bond motifs is 1. The lowest BCUT2D eigenvalue weighted by atomic mass is 10.2. The van der Waals surface area contributed by atoms with E-state index in [1.165, 1.54) is 0 Å². The molecule has 0 atom stereocenters. The molecule has 0 aliphatic rings. The second-order valence-electron chi connectivity index (χ2n) is 6.30. The number of carbonyl (C=O) groups is 2. The molecule has 146 valence electrons. The number of esters is 1. The highest BCUT2D eigenvalue weighted by molar-refractivity contribution is 7.97. The van der Waals surface area contributed by atoms with E-state index in [1.54, 1.807) is 36.0 Å². The minimum Gasteiger partial charge on any atom is -0.462 e. The molecule has 28 heavy (non-hydrogen) atoms. The molecule has 3 aromatic rings. The average molecular weight is 398 g/mol. The fourth-order valence-electron chi connectivity index (χ4n) is 2.85. The van der Waals surface area contributed by atoms with Gasteiger partial charge in [0.1, 0.15) is 12.4 Å². The Kier molecular flexibility index (Phi) is 6.71. The Labute approximate surface area is 168 Å². The number of imidazole rings is 1. The van der Waals surface area contributed by atoms with Crippen molar-refractivity contribution in [2.75, 3.05) is 18.2 Å². The van der Waals surface area contributed by atoms with Gasteiger partial charge in [0.2, 0.25) is 5.91 Å². The Hall–Kier alpha value is -2.80. The first-order valence-corrected chi connectivity index (χ1v) is 10.5. The largest absolute Gasteiger partial charge is 0.462 e. The first kappa shape index (κ1) is 19.9. The van der Waals surface area contributed by atoms with Crippen LogP contribution in [0.5, 0.6) is 0 Å². The molecular formula is C21H23N3O3S. The molecule has 1 aromatic heterocycles. The van der Waals surface area contributed by atoms with Gasteiger partial charge in [-0.3, -0.25) is 4.79 Å². The number of benzene rings is 2. The summed E-state index contributed by atoms with van der Waals surface area (Å²) in [5.74, 6) is 1.10. The number of thioether (sulfide) groups is 1. The molecule has 0 saturated heterocycles. The fraction of sp³-hybridized carbons (Fsp3) is 0.286. The normalized spacial score (nSPS) is 10.8. The Morgan fingerprint density at radius 1 is 1.14 bits per heavy atom. The Morgan fingerprint density at radius 3 is 2.61 bits per heavy atom. The maximum atomic E-state index is 12.6. The summed E-state index contributed by atoms with van der Waals surface area (Å²) in [5, 5.41) is 2.88. The van der Waals surface area contributed by atoms with Crippen LogP contribution in [0.4, 0.5) is 5.69 Å². The van der Waals surface area contributed by atoms with E-state index >= 15 is 0 Å². The van der Waals surface area contributed by atoms with Crippen molar-refractivity contribution in [3.8, 4) is 0 Å². The number of hydrogen-bond acceptors (Lipinski definition) is 5. The average Bonchev–Trinajstić information content (AvgIpc) is 3.04. The quantitative estimate of drug-likeness (QED) is 0.579. The van der Waals surface area contributed by atoms with Crippen LogP contribution in [0.15, 0.2) is 48.5 Å². The predicted octanol–water partition coefficient (Wildman–Crippen LogP) is 4.10. The highest BCUT2D eigenvalue weighted by Gasteiger charge is 2.14. The number of nitrogens with one attached hydrogen (secondary N) is 1. The van der Waals surface area contributed by atoms with E-state index in [1.807, 2.05) is 42.0 Å². The second-order valence-corrected chi connectivity index (χ2v) is 7.16. The number of nitrogens with zero attached hydrogens (tertiary/aromatic N) is 2. The van der Waals surface area contributed by atoms with Gasteiger partial charge in [0.15, 0.2) is 0 Å². The third-order valence-electron chi connectivity index (χ3n) is 4.15. The molecule has 6 nitrogen and oxygen atoms in total. The summed E-state index contributed by atoms with van der Waals surface area (Å²) in [5.41, 5.74) is 2.92. The third-order valence-corrected chi connectivity index (χ3v) is 4.70. The van der Waals surface area contributed by atoms with Crippen molar-refractivity contribution in [3.05, 3.63) is 59.9 Å². The van der Waals surface area contributed by atoms with Gasteiger partial charge in [-0.1, -0.05) is 19.1 Å². The standard InChI is InChI=1S/C21H23N3O3S/c1-3-12-27-21(26)15-8-10-16(11-9-15)22-20(25)13-24-18-7-5-4-6-17(18)23-19(24)14-28-2/h4-11H,3,12-14H2,1-2H3,(H,22,25). The molecule has 0 fully saturated rings. The highest BCUT2D eigenvalue weighted by Crippen LogP contribution is 2.19. The van der Waals surface area contributed by atoms with Crippen molar-refractivity contribution in [3.63, 3.8) is 0 Å². The lowest BCUT2D eigenvalue weighted by molar-refractivity contribution is -0.116. The van der Waals surface area contributed by atoms with Crippen molar-refractivity contribution in [1.82, 2.24) is 9.55 Å². The highest BCUT2D eigenvalue weighted by atomic mass is 32.2. The Bertz CT molecular complexity index is 967. The van der Waals surface area contributed by atoms with Crippen molar-refractivity contribution in [2.24, 2.45) is 0 Å². The van der Waals surface area contributed by atoms with Crippen LogP contribution in [0.3, 0.4) is 0 Å². The van der Waals surface area contributed by atoms with Gasteiger partial charge in [0, 0.05) is 5.69 Å². The summed E-state index contributed by atoms with van der Waals surface area (Å²) in [6.07, 6.45) is 2.79. The number of carbonyl (C=O) groups excluding carboxylic acids is 2. The molecule has 0 bridgehead atoms. The molecule has 1 N–H and O–H groups in total. The van der Waals surface area contributed by atoms with Crippen molar-refractivity contribution >= 4 is 40.4 Å². The molecule has 1 heterocycles. The first-order chi connectivity index (χ1) is 13.6. The monoisotopic (exact) mass is 397 g/mol. The number of ether oxygens (including phenoxy) is 1. The summed E-state index contributed by atoms with van der Waals surface area (Å²) in [6, 6.07) is 14.5. The number of amides is 1. The van der Waals surface area contributed by atoms with Crippen LogP contribution in [0.25, 0.3) is 11.0 Å².